The van der Waals surface area contributed by atoms with Gasteiger partial charge in [0.05, 0.1) is 33.3 Å². The molecule has 0 spiro atoms. The van der Waals surface area contributed by atoms with Crippen molar-refractivity contribution in [3.63, 3.8) is 0 Å². The first-order valence-electron chi connectivity index (χ1n) is 13.3. The molecule has 0 bridgehead atoms. The van der Waals surface area contributed by atoms with E-state index in [1.807, 2.05) is 93.0 Å². The first-order valence-corrected chi connectivity index (χ1v) is 13.3. The fraction of sp³-hybridized carbons (Fsp3) is 0.242. The second kappa shape index (κ2) is 14.1. The number of aromatic amines is 1. The van der Waals surface area contributed by atoms with Crippen LogP contribution >= 0.6 is 0 Å². The molecule has 0 fully saturated rings. The smallest absolute Gasteiger partial charge is 0.290 e. The Kier molecular flexibility index (Phi) is 10.1. The molecule has 42 heavy (non-hydrogen) atoms. The molecule has 4 rings (SSSR count). The van der Waals surface area contributed by atoms with Crippen LogP contribution in [0.25, 0.3) is 0 Å². The predicted molar refractivity (Wildman–Crippen MR) is 162 cm³/mol. The van der Waals surface area contributed by atoms with Gasteiger partial charge in [0, 0.05) is 26.7 Å². The zero-order valence-electron chi connectivity index (χ0n) is 24.1. The molecule has 0 saturated carbocycles. The Bertz CT molecular complexity index is 1540. The monoisotopic (exact) mass is 566 g/mol. The first-order chi connectivity index (χ1) is 20.3. The highest BCUT2D eigenvalue weighted by atomic mass is 16.5. The van der Waals surface area contributed by atoms with Crippen LogP contribution in [-0.2, 0) is 10.3 Å². The van der Waals surface area contributed by atoms with Gasteiger partial charge in [0.25, 0.3) is 5.56 Å². The van der Waals surface area contributed by atoms with E-state index in [-0.39, 0.29) is 24.5 Å². The van der Waals surface area contributed by atoms with Crippen molar-refractivity contribution in [1.29, 1.82) is 0 Å². The number of methoxy groups -OCH3 is 2. The summed E-state index contributed by atoms with van der Waals surface area (Å²) in [5.41, 5.74) is 1.22. The topological polar surface area (TPSA) is 109 Å². The summed E-state index contributed by atoms with van der Waals surface area (Å²) in [6.07, 6.45) is 2.14. The van der Waals surface area contributed by atoms with E-state index in [4.69, 9.17) is 14.2 Å². The van der Waals surface area contributed by atoms with Crippen molar-refractivity contribution < 1.29 is 19.3 Å². The Hall–Kier alpha value is -4.91. The molecule has 0 aliphatic carbocycles. The molecule has 2 N–H and O–H groups in total. The van der Waals surface area contributed by atoms with Crippen LogP contribution in [0.15, 0.2) is 94.8 Å². The molecule has 0 saturated heterocycles. The van der Waals surface area contributed by atoms with Crippen LogP contribution < -0.4 is 15.0 Å². The van der Waals surface area contributed by atoms with E-state index in [1.165, 1.54) is 12.5 Å². The highest BCUT2D eigenvalue weighted by Gasteiger charge is 2.38. The molecule has 1 aromatic heterocycles. The zero-order valence-corrected chi connectivity index (χ0v) is 24.1. The Labute approximate surface area is 245 Å². The number of hydrogen-bond donors (Lipinski definition) is 2. The number of nitrogens with one attached hydrogen (secondary N) is 1. The number of aliphatic imine (C=N–C) groups is 1. The van der Waals surface area contributed by atoms with Gasteiger partial charge < -0.3 is 29.2 Å². The van der Waals surface area contributed by atoms with E-state index >= 15 is 0 Å². The second-order valence-corrected chi connectivity index (χ2v) is 9.63. The van der Waals surface area contributed by atoms with Crippen LogP contribution in [0.1, 0.15) is 28.7 Å². The third kappa shape index (κ3) is 7.23. The molecule has 0 unspecified atom stereocenters. The lowest BCUT2D eigenvalue weighted by atomic mass is 9.80. The lowest BCUT2D eigenvalue weighted by Crippen LogP contribution is -2.35. The van der Waals surface area contributed by atoms with Crippen LogP contribution in [-0.4, -0.2) is 67.3 Å². The van der Waals surface area contributed by atoms with Gasteiger partial charge in [-0.3, -0.25) is 4.79 Å². The van der Waals surface area contributed by atoms with Gasteiger partial charge in [-0.1, -0.05) is 66.4 Å². The SMILES string of the molecule is COc1ccc(C(OC[C@@H](O)CC#Cc2c[nH]c(N=CN(C)C)nc2=O)(c2ccccc2)c2ccc(OC)cc2)cc1. The van der Waals surface area contributed by atoms with Gasteiger partial charge in [0.2, 0.25) is 5.95 Å². The zero-order chi connectivity index (χ0) is 30.0. The highest BCUT2D eigenvalue weighted by molar-refractivity contribution is 5.57. The summed E-state index contributed by atoms with van der Waals surface area (Å²) in [6, 6.07) is 25.2. The van der Waals surface area contributed by atoms with Crippen LogP contribution in [0.3, 0.4) is 0 Å². The molecular weight excluding hydrogens is 532 g/mol. The van der Waals surface area contributed by atoms with Gasteiger partial charge in [-0.15, -0.1) is 0 Å². The Morgan fingerprint density at radius 1 is 0.952 bits per heavy atom. The lowest BCUT2D eigenvalue weighted by molar-refractivity contribution is -0.0363. The molecule has 0 aliphatic heterocycles. The number of H-pyrrole nitrogens is 1. The molecular formula is C33H34N4O5. The maximum atomic E-state index is 12.4. The molecule has 1 atom stereocenters. The molecule has 4 aromatic rings. The van der Waals surface area contributed by atoms with Gasteiger partial charge >= 0.3 is 0 Å². The van der Waals surface area contributed by atoms with Crippen LogP contribution in [0.5, 0.6) is 11.5 Å². The summed E-state index contributed by atoms with van der Waals surface area (Å²) in [7, 11) is 6.87. The Balaban J connectivity index is 1.62. The third-order valence-corrected chi connectivity index (χ3v) is 6.42. The molecule has 0 aliphatic rings. The van der Waals surface area contributed by atoms with Crippen molar-refractivity contribution in [2.45, 2.75) is 18.1 Å². The number of benzene rings is 3. The van der Waals surface area contributed by atoms with Gasteiger partial charge in [0.15, 0.2) is 0 Å². The quantitative estimate of drug-likeness (QED) is 0.122. The van der Waals surface area contributed by atoms with Crippen LogP contribution in [0, 0.1) is 11.8 Å². The second-order valence-electron chi connectivity index (χ2n) is 9.63. The summed E-state index contributed by atoms with van der Waals surface area (Å²) in [5.74, 6) is 7.28. The Morgan fingerprint density at radius 3 is 2.05 bits per heavy atom. The average Bonchev–Trinajstić information content (AvgIpc) is 3.02. The maximum Gasteiger partial charge on any atom is 0.290 e. The number of aliphatic hydroxyl groups excluding tert-OH is 1. The fourth-order valence-electron chi connectivity index (χ4n) is 4.33. The van der Waals surface area contributed by atoms with Crippen molar-refractivity contribution in [3.8, 4) is 23.3 Å². The molecule has 3 aromatic carbocycles. The highest BCUT2D eigenvalue weighted by Crippen LogP contribution is 2.41. The van der Waals surface area contributed by atoms with Crippen LogP contribution in [0.4, 0.5) is 5.95 Å². The minimum Gasteiger partial charge on any atom is -0.497 e. The summed E-state index contributed by atoms with van der Waals surface area (Å²) in [6.45, 7) is -0.0333. The summed E-state index contributed by atoms with van der Waals surface area (Å²) < 4.78 is 17.5. The summed E-state index contributed by atoms with van der Waals surface area (Å²) >= 11 is 0. The van der Waals surface area contributed by atoms with Gasteiger partial charge in [-0.25, -0.2) is 4.99 Å². The minimum atomic E-state index is -1.06. The van der Waals surface area contributed by atoms with E-state index in [0.717, 1.165) is 16.7 Å². The molecule has 1 heterocycles. The molecule has 9 heteroatoms. The fourth-order valence-corrected chi connectivity index (χ4v) is 4.33. The number of ether oxygens (including phenoxy) is 3. The van der Waals surface area contributed by atoms with E-state index in [1.54, 1.807) is 19.1 Å². The van der Waals surface area contributed by atoms with E-state index in [2.05, 4.69) is 26.8 Å². The molecule has 0 radical (unpaired) electrons. The van der Waals surface area contributed by atoms with Crippen molar-refractivity contribution >= 4 is 12.3 Å². The molecule has 0 amide bonds. The summed E-state index contributed by atoms with van der Waals surface area (Å²) in [5, 5.41) is 10.9. The van der Waals surface area contributed by atoms with Crippen LogP contribution in [0.2, 0.25) is 0 Å². The number of aromatic nitrogens is 2. The van der Waals surface area contributed by atoms with Gasteiger partial charge in [0.1, 0.15) is 22.7 Å². The normalized spacial score (nSPS) is 11.9. The molecule has 216 valence electrons. The third-order valence-electron chi connectivity index (χ3n) is 6.42. The predicted octanol–water partition coefficient (Wildman–Crippen LogP) is 4.12. The number of nitrogens with zero attached hydrogens (tertiary/aromatic N) is 3. The van der Waals surface area contributed by atoms with Gasteiger partial charge in [-0.2, -0.15) is 4.98 Å². The number of hydrogen-bond acceptors (Lipinski definition) is 7. The average molecular weight is 567 g/mol. The van der Waals surface area contributed by atoms with Crippen molar-refractivity contribution in [1.82, 2.24) is 14.9 Å². The maximum absolute atomic E-state index is 12.4. The van der Waals surface area contributed by atoms with E-state index in [0.29, 0.717) is 11.5 Å². The van der Waals surface area contributed by atoms with E-state index in [9.17, 15) is 9.90 Å². The number of aliphatic hydroxyl groups is 1. The minimum absolute atomic E-state index is 0.0333. The largest absolute Gasteiger partial charge is 0.497 e. The van der Waals surface area contributed by atoms with E-state index < -0.39 is 17.3 Å². The number of rotatable bonds is 11. The van der Waals surface area contributed by atoms with Gasteiger partial charge in [-0.05, 0) is 41.0 Å². The Morgan fingerprint density at radius 2 is 1.52 bits per heavy atom. The van der Waals surface area contributed by atoms with Crippen molar-refractivity contribution in [2.24, 2.45) is 4.99 Å². The van der Waals surface area contributed by atoms with Crippen molar-refractivity contribution in [2.75, 3.05) is 34.9 Å². The summed E-state index contributed by atoms with van der Waals surface area (Å²) in [4.78, 5) is 24.9. The first kappa shape index (κ1) is 30.1. The lowest BCUT2D eigenvalue weighted by Gasteiger charge is -2.36. The van der Waals surface area contributed by atoms with Crippen molar-refractivity contribution in [3.05, 3.63) is 118 Å². The standard InChI is InChI=1S/C33H34N4O5/c1-37(2)23-35-32-34-21-24(31(39)36-32)9-8-12-28(38)22-42-33(25-10-6-5-7-11-25,26-13-17-29(40-3)18-14-26)27-15-19-30(41-4)20-16-27/h5-7,10-11,13-21,23,28,38H,12,22H2,1-4H3,(H,34,36,39)/t28-/m0/s1. The molecule has 9 nitrogen and oxygen atoms in total.